The highest BCUT2D eigenvalue weighted by atomic mass is 19.1. The van der Waals surface area contributed by atoms with Crippen LogP contribution in [0.3, 0.4) is 0 Å². The van der Waals surface area contributed by atoms with Crippen molar-refractivity contribution in [3.63, 3.8) is 0 Å². The van der Waals surface area contributed by atoms with E-state index in [4.69, 9.17) is 9.15 Å². The third-order valence-electron chi connectivity index (χ3n) is 3.46. The maximum Gasteiger partial charge on any atom is 0.305 e. The van der Waals surface area contributed by atoms with E-state index in [0.29, 0.717) is 5.58 Å². The van der Waals surface area contributed by atoms with Gasteiger partial charge in [-0.15, -0.1) is 0 Å². The SMILES string of the molecule is C[C@H](Oc1ccccc1F)C(=O)NNC(=O)c1cc2ccccc2o1. The average molecular weight is 342 g/mol. The zero-order valence-electron chi connectivity index (χ0n) is 13.3. The van der Waals surface area contributed by atoms with Gasteiger partial charge in [0.15, 0.2) is 23.4 Å². The van der Waals surface area contributed by atoms with Crippen LogP contribution >= 0.6 is 0 Å². The molecule has 0 saturated carbocycles. The summed E-state index contributed by atoms with van der Waals surface area (Å²) < 4.78 is 24.1. The summed E-state index contributed by atoms with van der Waals surface area (Å²) in [7, 11) is 0. The van der Waals surface area contributed by atoms with Crippen molar-refractivity contribution in [3.8, 4) is 5.75 Å². The van der Waals surface area contributed by atoms with Crippen molar-refractivity contribution in [2.24, 2.45) is 0 Å². The molecule has 2 aromatic carbocycles. The summed E-state index contributed by atoms with van der Waals surface area (Å²) in [5.41, 5.74) is 5.02. The number of hydrazine groups is 1. The second-order valence-electron chi connectivity index (χ2n) is 5.28. The molecule has 1 aromatic heterocycles. The molecule has 2 N–H and O–H groups in total. The number of furan rings is 1. The minimum Gasteiger partial charge on any atom is -0.478 e. The lowest BCUT2D eigenvalue weighted by Gasteiger charge is -2.15. The van der Waals surface area contributed by atoms with Crippen molar-refractivity contribution in [2.75, 3.05) is 0 Å². The van der Waals surface area contributed by atoms with Crippen LogP contribution in [0.1, 0.15) is 17.5 Å². The van der Waals surface area contributed by atoms with E-state index in [1.54, 1.807) is 30.3 Å². The fraction of sp³-hybridized carbons (Fsp3) is 0.111. The number of hydrogen-bond donors (Lipinski definition) is 2. The van der Waals surface area contributed by atoms with Crippen LogP contribution in [0, 0.1) is 5.82 Å². The Morgan fingerprint density at radius 2 is 1.80 bits per heavy atom. The van der Waals surface area contributed by atoms with Crippen LogP contribution in [-0.4, -0.2) is 17.9 Å². The van der Waals surface area contributed by atoms with Gasteiger partial charge in [-0.25, -0.2) is 4.39 Å². The second kappa shape index (κ2) is 7.04. The lowest BCUT2D eigenvalue weighted by atomic mass is 10.2. The molecule has 0 unspecified atom stereocenters. The number of rotatable bonds is 4. The van der Waals surface area contributed by atoms with E-state index < -0.39 is 23.7 Å². The van der Waals surface area contributed by atoms with Crippen molar-refractivity contribution in [1.29, 1.82) is 0 Å². The van der Waals surface area contributed by atoms with E-state index in [2.05, 4.69) is 10.9 Å². The Labute approximate surface area is 142 Å². The summed E-state index contributed by atoms with van der Waals surface area (Å²) in [6.07, 6.45) is -1.01. The first-order valence-corrected chi connectivity index (χ1v) is 7.54. The van der Waals surface area contributed by atoms with Gasteiger partial charge in [0.2, 0.25) is 0 Å². The van der Waals surface area contributed by atoms with Gasteiger partial charge in [0.05, 0.1) is 0 Å². The molecule has 0 aliphatic heterocycles. The van der Waals surface area contributed by atoms with E-state index in [9.17, 15) is 14.0 Å². The lowest BCUT2D eigenvalue weighted by molar-refractivity contribution is -0.128. The van der Waals surface area contributed by atoms with Crippen LogP contribution in [0.25, 0.3) is 11.0 Å². The quantitative estimate of drug-likeness (QED) is 0.715. The van der Waals surface area contributed by atoms with E-state index in [-0.39, 0.29) is 11.5 Å². The monoisotopic (exact) mass is 342 g/mol. The fourth-order valence-electron chi connectivity index (χ4n) is 2.16. The molecule has 0 bridgehead atoms. The van der Waals surface area contributed by atoms with Crippen LogP contribution in [0.4, 0.5) is 4.39 Å². The zero-order chi connectivity index (χ0) is 17.8. The van der Waals surface area contributed by atoms with Gasteiger partial charge < -0.3 is 9.15 Å². The van der Waals surface area contributed by atoms with Gasteiger partial charge in [-0.05, 0) is 31.2 Å². The Morgan fingerprint density at radius 3 is 2.56 bits per heavy atom. The van der Waals surface area contributed by atoms with Crippen LogP contribution in [0.15, 0.2) is 59.0 Å². The minimum atomic E-state index is -1.01. The van der Waals surface area contributed by atoms with Crippen molar-refractivity contribution in [3.05, 3.63) is 66.2 Å². The Balaban J connectivity index is 1.57. The first-order chi connectivity index (χ1) is 12.0. The van der Waals surface area contributed by atoms with Gasteiger partial charge in [0.25, 0.3) is 5.91 Å². The molecule has 2 amide bonds. The highest BCUT2D eigenvalue weighted by Gasteiger charge is 2.18. The molecular weight excluding hydrogens is 327 g/mol. The summed E-state index contributed by atoms with van der Waals surface area (Å²) >= 11 is 0. The van der Waals surface area contributed by atoms with E-state index in [0.717, 1.165) is 5.39 Å². The molecule has 0 fully saturated rings. The average Bonchev–Trinajstić information content (AvgIpc) is 3.05. The number of fused-ring (bicyclic) bond motifs is 1. The number of nitrogens with one attached hydrogen (secondary N) is 2. The summed E-state index contributed by atoms with van der Waals surface area (Å²) in [4.78, 5) is 24.0. The molecule has 0 aliphatic carbocycles. The molecule has 6 nitrogen and oxygen atoms in total. The summed E-state index contributed by atoms with van der Waals surface area (Å²) in [6.45, 7) is 1.44. The first kappa shape index (κ1) is 16.5. The topological polar surface area (TPSA) is 80.6 Å². The van der Waals surface area contributed by atoms with Crippen LogP contribution in [0.2, 0.25) is 0 Å². The summed E-state index contributed by atoms with van der Waals surface area (Å²) in [6, 6.07) is 14.5. The molecule has 3 aromatic rings. The summed E-state index contributed by atoms with van der Waals surface area (Å²) in [5.74, 6) is -1.80. The van der Waals surface area contributed by atoms with E-state index >= 15 is 0 Å². The van der Waals surface area contributed by atoms with Crippen molar-refractivity contribution in [1.82, 2.24) is 10.9 Å². The lowest BCUT2D eigenvalue weighted by Crippen LogP contribution is -2.47. The smallest absolute Gasteiger partial charge is 0.305 e. The number of para-hydroxylation sites is 2. The Kier molecular flexibility index (Phi) is 4.65. The first-order valence-electron chi connectivity index (χ1n) is 7.54. The Morgan fingerprint density at radius 1 is 1.08 bits per heavy atom. The molecule has 0 spiro atoms. The highest BCUT2D eigenvalue weighted by Crippen LogP contribution is 2.19. The number of amides is 2. The van der Waals surface area contributed by atoms with Crippen LogP contribution in [0.5, 0.6) is 5.75 Å². The van der Waals surface area contributed by atoms with Gasteiger partial charge in [-0.2, -0.15) is 0 Å². The number of benzene rings is 2. The molecule has 0 saturated heterocycles. The number of ether oxygens (including phenoxy) is 1. The number of hydrogen-bond acceptors (Lipinski definition) is 4. The molecule has 128 valence electrons. The van der Waals surface area contributed by atoms with Crippen molar-refractivity contribution < 1.29 is 23.1 Å². The third-order valence-corrected chi connectivity index (χ3v) is 3.46. The van der Waals surface area contributed by atoms with Gasteiger partial charge in [0.1, 0.15) is 5.58 Å². The number of carbonyl (C=O) groups is 2. The molecule has 25 heavy (non-hydrogen) atoms. The Hall–Kier alpha value is -3.35. The van der Waals surface area contributed by atoms with E-state index in [1.165, 1.54) is 25.1 Å². The van der Waals surface area contributed by atoms with Crippen molar-refractivity contribution >= 4 is 22.8 Å². The largest absolute Gasteiger partial charge is 0.478 e. The normalized spacial score (nSPS) is 11.8. The predicted molar refractivity (Wildman–Crippen MR) is 88.3 cm³/mol. The highest BCUT2D eigenvalue weighted by molar-refractivity contribution is 5.97. The van der Waals surface area contributed by atoms with Crippen molar-refractivity contribution in [2.45, 2.75) is 13.0 Å². The Bertz CT molecular complexity index is 889. The fourth-order valence-corrected chi connectivity index (χ4v) is 2.16. The van der Waals surface area contributed by atoms with Gasteiger partial charge >= 0.3 is 5.91 Å². The van der Waals surface area contributed by atoms with Crippen LogP contribution < -0.4 is 15.6 Å². The number of halogens is 1. The molecule has 0 radical (unpaired) electrons. The van der Waals surface area contributed by atoms with Crippen LogP contribution in [-0.2, 0) is 4.79 Å². The molecular formula is C18H15FN2O4. The zero-order valence-corrected chi connectivity index (χ0v) is 13.3. The predicted octanol–water partition coefficient (Wildman–Crippen LogP) is 2.80. The molecule has 3 rings (SSSR count). The second-order valence-corrected chi connectivity index (χ2v) is 5.28. The van der Waals surface area contributed by atoms with Gasteiger partial charge in [-0.1, -0.05) is 30.3 Å². The molecule has 7 heteroatoms. The standard InChI is InChI=1S/C18H15FN2O4/c1-11(24-15-9-5-3-7-13(15)19)17(22)20-21-18(23)16-10-12-6-2-4-8-14(12)25-16/h2-11H,1H3,(H,20,22)(H,21,23)/t11-/m0/s1. The maximum absolute atomic E-state index is 13.5. The molecule has 1 atom stereocenters. The van der Waals surface area contributed by atoms with E-state index in [1.807, 2.05) is 6.07 Å². The number of carbonyl (C=O) groups excluding carboxylic acids is 2. The summed E-state index contributed by atoms with van der Waals surface area (Å²) in [5, 5.41) is 0.773. The van der Waals surface area contributed by atoms with Gasteiger partial charge in [-0.3, -0.25) is 20.4 Å². The maximum atomic E-state index is 13.5. The third kappa shape index (κ3) is 3.77. The minimum absolute atomic E-state index is 0.0474. The molecule has 1 heterocycles. The van der Waals surface area contributed by atoms with Gasteiger partial charge in [0, 0.05) is 5.39 Å². The molecule has 0 aliphatic rings.